The van der Waals surface area contributed by atoms with Crippen LogP contribution in [0.5, 0.6) is 0 Å². The Hall–Kier alpha value is -0.590. The maximum Gasteiger partial charge on any atom is 0.0703 e. The quantitative estimate of drug-likeness (QED) is 0.666. The molecule has 3 heteroatoms. The second kappa shape index (κ2) is 4.29. The Balaban J connectivity index is 1.90. The maximum absolute atomic E-state index is 9.24. The molecule has 0 N–H and O–H groups in total. The molecule has 0 unspecified atom stereocenters. The summed E-state index contributed by atoms with van der Waals surface area (Å²) in [5.41, 5.74) is -0.0304. The van der Waals surface area contributed by atoms with Crippen molar-refractivity contribution in [2.24, 2.45) is 5.41 Å². The van der Waals surface area contributed by atoms with Gasteiger partial charge in [0.15, 0.2) is 0 Å². The fourth-order valence-corrected chi connectivity index (χ4v) is 2.54. The molecule has 0 bridgehead atoms. The fourth-order valence-electron chi connectivity index (χ4n) is 2.54. The van der Waals surface area contributed by atoms with Gasteiger partial charge in [-0.1, -0.05) is 12.8 Å². The summed E-state index contributed by atoms with van der Waals surface area (Å²) in [6, 6.07) is 2.54. The first kappa shape index (κ1) is 9.95. The van der Waals surface area contributed by atoms with Crippen LogP contribution in [0.4, 0.5) is 0 Å². The first-order chi connectivity index (χ1) is 6.85. The monoisotopic (exact) mass is 194 g/mol. The predicted molar refractivity (Wildman–Crippen MR) is 53.8 cm³/mol. The van der Waals surface area contributed by atoms with Crippen LogP contribution >= 0.6 is 0 Å². The first-order valence-electron chi connectivity index (χ1n) is 5.56. The van der Waals surface area contributed by atoms with Crippen molar-refractivity contribution in [3.8, 4) is 6.07 Å². The van der Waals surface area contributed by atoms with Crippen LogP contribution in [0, 0.1) is 16.7 Å². The van der Waals surface area contributed by atoms with E-state index in [-0.39, 0.29) is 5.41 Å². The van der Waals surface area contributed by atoms with Gasteiger partial charge in [0.05, 0.1) is 24.7 Å². The molecule has 1 aliphatic carbocycles. The zero-order valence-corrected chi connectivity index (χ0v) is 8.67. The van der Waals surface area contributed by atoms with Crippen LogP contribution in [0.15, 0.2) is 0 Å². The van der Waals surface area contributed by atoms with Gasteiger partial charge in [0.1, 0.15) is 0 Å². The molecule has 0 aromatic carbocycles. The molecule has 0 aromatic heterocycles. The standard InChI is InChI=1S/C11H18N2O/c12-9-11(3-1-2-4-11)10-13-5-7-14-8-6-13/h1-8,10H2. The van der Waals surface area contributed by atoms with E-state index in [4.69, 9.17) is 4.74 Å². The minimum absolute atomic E-state index is 0.0304. The molecule has 0 spiro atoms. The van der Waals surface area contributed by atoms with Gasteiger partial charge in [0.2, 0.25) is 0 Å². The smallest absolute Gasteiger partial charge is 0.0703 e. The average Bonchev–Trinajstić information content (AvgIpc) is 2.69. The third-order valence-corrected chi connectivity index (χ3v) is 3.43. The maximum atomic E-state index is 9.24. The molecule has 2 rings (SSSR count). The van der Waals surface area contributed by atoms with Gasteiger partial charge < -0.3 is 4.74 Å². The number of rotatable bonds is 2. The molecule has 1 saturated carbocycles. The number of nitriles is 1. The number of hydrogen-bond donors (Lipinski definition) is 0. The van der Waals surface area contributed by atoms with Crippen molar-refractivity contribution in [2.75, 3.05) is 32.8 Å². The molecular formula is C11H18N2O. The van der Waals surface area contributed by atoms with Gasteiger partial charge in [-0.05, 0) is 12.8 Å². The Labute approximate surface area is 85.6 Å². The van der Waals surface area contributed by atoms with Gasteiger partial charge in [-0.3, -0.25) is 4.90 Å². The van der Waals surface area contributed by atoms with E-state index in [0.717, 1.165) is 45.7 Å². The lowest BCUT2D eigenvalue weighted by molar-refractivity contribution is 0.0244. The Bertz CT molecular complexity index is 222. The highest BCUT2D eigenvalue weighted by Gasteiger charge is 2.35. The lowest BCUT2D eigenvalue weighted by Gasteiger charge is -2.32. The number of morpholine rings is 1. The fraction of sp³-hybridized carbons (Fsp3) is 0.909. The van der Waals surface area contributed by atoms with Gasteiger partial charge in [0.25, 0.3) is 0 Å². The van der Waals surface area contributed by atoms with Crippen molar-refractivity contribution < 1.29 is 4.74 Å². The average molecular weight is 194 g/mol. The van der Waals surface area contributed by atoms with Crippen molar-refractivity contribution >= 4 is 0 Å². The minimum Gasteiger partial charge on any atom is -0.379 e. The van der Waals surface area contributed by atoms with Gasteiger partial charge in [-0.15, -0.1) is 0 Å². The number of nitrogens with zero attached hydrogens (tertiary/aromatic N) is 2. The zero-order chi connectivity index (χ0) is 9.86. The van der Waals surface area contributed by atoms with E-state index in [1.165, 1.54) is 12.8 Å². The third-order valence-electron chi connectivity index (χ3n) is 3.43. The summed E-state index contributed by atoms with van der Waals surface area (Å²) in [4.78, 5) is 2.39. The summed E-state index contributed by atoms with van der Waals surface area (Å²) in [6.07, 6.45) is 4.66. The van der Waals surface area contributed by atoms with E-state index in [0.29, 0.717) is 0 Å². The van der Waals surface area contributed by atoms with Gasteiger partial charge >= 0.3 is 0 Å². The van der Waals surface area contributed by atoms with E-state index in [1.807, 2.05) is 0 Å². The van der Waals surface area contributed by atoms with E-state index < -0.39 is 0 Å². The summed E-state index contributed by atoms with van der Waals surface area (Å²) >= 11 is 0. The second-order valence-corrected chi connectivity index (χ2v) is 4.49. The molecule has 0 radical (unpaired) electrons. The molecule has 0 aromatic rings. The minimum atomic E-state index is -0.0304. The Morgan fingerprint density at radius 1 is 1.21 bits per heavy atom. The SMILES string of the molecule is N#CC1(CN2CCOCC2)CCCC1. The second-order valence-electron chi connectivity index (χ2n) is 4.49. The largest absolute Gasteiger partial charge is 0.379 e. The summed E-state index contributed by atoms with van der Waals surface area (Å²) in [5, 5.41) is 9.24. The summed E-state index contributed by atoms with van der Waals surface area (Å²) < 4.78 is 5.31. The van der Waals surface area contributed by atoms with Crippen molar-refractivity contribution in [2.45, 2.75) is 25.7 Å². The van der Waals surface area contributed by atoms with Crippen LogP contribution in [0.1, 0.15) is 25.7 Å². The lowest BCUT2D eigenvalue weighted by atomic mass is 9.87. The highest BCUT2D eigenvalue weighted by molar-refractivity contribution is 5.03. The van der Waals surface area contributed by atoms with E-state index in [9.17, 15) is 5.26 Å². The van der Waals surface area contributed by atoms with Crippen molar-refractivity contribution in [1.29, 1.82) is 5.26 Å². The molecule has 3 nitrogen and oxygen atoms in total. The van der Waals surface area contributed by atoms with Gasteiger partial charge in [0, 0.05) is 19.6 Å². The van der Waals surface area contributed by atoms with E-state index in [1.54, 1.807) is 0 Å². The third kappa shape index (κ3) is 2.08. The molecule has 1 saturated heterocycles. The Kier molecular flexibility index (Phi) is 3.05. The van der Waals surface area contributed by atoms with Gasteiger partial charge in [-0.2, -0.15) is 5.26 Å². The summed E-state index contributed by atoms with van der Waals surface area (Å²) in [5.74, 6) is 0. The van der Waals surface area contributed by atoms with Crippen LogP contribution in [0.3, 0.4) is 0 Å². The van der Waals surface area contributed by atoms with E-state index >= 15 is 0 Å². The van der Waals surface area contributed by atoms with Crippen molar-refractivity contribution in [1.82, 2.24) is 4.90 Å². The van der Waals surface area contributed by atoms with Crippen LogP contribution < -0.4 is 0 Å². The molecule has 0 atom stereocenters. The highest BCUT2D eigenvalue weighted by Crippen LogP contribution is 2.38. The Morgan fingerprint density at radius 3 is 2.43 bits per heavy atom. The molecule has 0 amide bonds. The first-order valence-corrected chi connectivity index (χ1v) is 5.56. The summed E-state index contributed by atoms with van der Waals surface area (Å²) in [7, 11) is 0. The molecule has 1 aliphatic heterocycles. The van der Waals surface area contributed by atoms with Crippen LogP contribution in [0.2, 0.25) is 0 Å². The normalized spacial score (nSPS) is 27.4. The predicted octanol–water partition coefficient (Wildman–Crippen LogP) is 1.40. The van der Waals surface area contributed by atoms with Crippen LogP contribution in [0.25, 0.3) is 0 Å². The topological polar surface area (TPSA) is 36.3 Å². The number of ether oxygens (including phenoxy) is 1. The van der Waals surface area contributed by atoms with Gasteiger partial charge in [-0.25, -0.2) is 0 Å². The molecule has 2 fully saturated rings. The zero-order valence-electron chi connectivity index (χ0n) is 8.67. The molecule has 2 aliphatic rings. The van der Waals surface area contributed by atoms with Crippen LogP contribution in [-0.4, -0.2) is 37.7 Å². The molecular weight excluding hydrogens is 176 g/mol. The lowest BCUT2D eigenvalue weighted by Crippen LogP contribution is -2.42. The molecule has 14 heavy (non-hydrogen) atoms. The molecule has 78 valence electrons. The van der Waals surface area contributed by atoms with Crippen molar-refractivity contribution in [3.63, 3.8) is 0 Å². The van der Waals surface area contributed by atoms with Crippen molar-refractivity contribution in [3.05, 3.63) is 0 Å². The highest BCUT2D eigenvalue weighted by atomic mass is 16.5. The molecule has 1 heterocycles. The van der Waals surface area contributed by atoms with Crippen LogP contribution in [-0.2, 0) is 4.74 Å². The number of hydrogen-bond acceptors (Lipinski definition) is 3. The van der Waals surface area contributed by atoms with E-state index in [2.05, 4.69) is 11.0 Å². The summed E-state index contributed by atoms with van der Waals surface area (Å²) in [6.45, 7) is 4.64. The Morgan fingerprint density at radius 2 is 1.86 bits per heavy atom.